The molecule has 2 N–H and O–H groups in total. The van der Waals surface area contributed by atoms with Crippen molar-refractivity contribution in [2.75, 3.05) is 23.7 Å². The Morgan fingerprint density at radius 1 is 1.19 bits per heavy atom. The SMILES string of the molecule is CC(C)N1CCC(CC(=O)Nc2c(C(=O)Nc3ccc(Cl)cn3)oc3cccnc23)CC1. The molecule has 1 aliphatic heterocycles. The molecule has 0 saturated carbocycles. The van der Waals surface area contributed by atoms with Crippen LogP contribution in [0.2, 0.25) is 5.02 Å². The topological polar surface area (TPSA) is 100 Å². The molecule has 0 radical (unpaired) electrons. The van der Waals surface area contributed by atoms with Crippen molar-refractivity contribution in [3.8, 4) is 0 Å². The number of amides is 2. The number of furan rings is 1. The lowest BCUT2D eigenvalue weighted by Gasteiger charge is -2.34. The van der Waals surface area contributed by atoms with Gasteiger partial charge in [-0.3, -0.25) is 14.6 Å². The normalized spacial score (nSPS) is 15.2. The fourth-order valence-corrected chi connectivity index (χ4v) is 4.07. The predicted octanol–water partition coefficient (Wildman–Crippen LogP) is 4.58. The maximum atomic E-state index is 12.9. The van der Waals surface area contributed by atoms with Gasteiger partial charge in [-0.05, 0) is 70.0 Å². The number of aromatic nitrogens is 2. The van der Waals surface area contributed by atoms with Crippen LogP contribution < -0.4 is 10.6 Å². The molecule has 2 amide bonds. The number of anilines is 2. The Hall–Kier alpha value is -2.97. The van der Waals surface area contributed by atoms with Crippen molar-refractivity contribution in [1.82, 2.24) is 14.9 Å². The maximum Gasteiger partial charge on any atom is 0.294 e. The first-order valence-corrected chi connectivity index (χ1v) is 11.1. The largest absolute Gasteiger partial charge is 0.447 e. The zero-order chi connectivity index (χ0) is 22.7. The lowest BCUT2D eigenvalue weighted by molar-refractivity contribution is -0.117. The minimum atomic E-state index is -0.529. The van der Waals surface area contributed by atoms with Crippen molar-refractivity contribution in [1.29, 1.82) is 0 Å². The number of hydrogen-bond acceptors (Lipinski definition) is 6. The second-order valence-corrected chi connectivity index (χ2v) is 8.73. The van der Waals surface area contributed by atoms with E-state index in [4.69, 9.17) is 16.0 Å². The molecule has 1 fully saturated rings. The van der Waals surface area contributed by atoms with Crippen LogP contribution in [0.5, 0.6) is 0 Å². The van der Waals surface area contributed by atoms with E-state index in [-0.39, 0.29) is 17.4 Å². The summed E-state index contributed by atoms with van der Waals surface area (Å²) >= 11 is 5.85. The van der Waals surface area contributed by atoms with E-state index in [9.17, 15) is 9.59 Å². The van der Waals surface area contributed by atoms with Crippen molar-refractivity contribution in [2.45, 2.75) is 39.2 Å². The van der Waals surface area contributed by atoms with E-state index in [0.29, 0.717) is 40.3 Å². The number of piperidine rings is 1. The van der Waals surface area contributed by atoms with Gasteiger partial charge in [-0.25, -0.2) is 4.98 Å². The Balaban J connectivity index is 1.49. The van der Waals surface area contributed by atoms with Crippen molar-refractivity contribution in [3.05, 3.63) is 47.4 Å². The number of pyridine rings is 2. The first-order valence-electron chi connectivity index (χ1n) is 10.7. The molecule has 4 rings (SSSR count). The Morgan fingerprint density at radius 3 is 2.66 bits per heavy atom. The van der Waals surface area contributed by atoms with Crippen molar-refractivity contribution in [2.24, 2.45) is 5.92 Å². The van der Waals surface area contributed by atoms with E-state index in [0.717, 1.165) is 25.9 Å². The number of rotatable bonds is 6. The number of nitrogens with one attached hydrogen (secondary N) is 2. The van der Waals surface area contributed by atoms with Crippen LogP contribution in [-0.2, 0) is 4.79 Å². The van der Waals surface area contributed by atoms with Crippen molar-refractivity contribution >= 4 is 46.0 Å². The second-order valence-electron chi connectivity index (χ2n) is 8.30. The number of nitrogens with zero attached hydrogens (tertiary/aromatic N) is 3. The third-order valence-electron chi connectivity index (χ3n) is 5.74. The highest BCUT2D eigenvalue weighted by Gasteiger charge is 2.26. The van der Waals surface area contributed by atoms with Crippen LogP contribution in [0, 0.1) is 5.92 Å². The number of likely N-dealkylation sites (tertiary alicyclic amines) is 1. The molecule has 9 heteroatoms. The first kappa shape index (κ1) is 22.2. The van der Waals surface area contributed by atoms with Crippen molar-refractivity contribution in [3.63, 3.8) is 0 Å². The Bertz CT molecular complexity index is 1100. The average Bonchev–Trinajstić information content (AvgIpc) is 3.14. The molecule has 0 aromatic carbocycles. The molecule has 0 spiro atoms. The summed E-state index contributed by atoms with van der Waals surface area (Å²) in [5.74, 6) is -0.0644. The third kappa shape index (κ3) is 5.08. The zero-order valence-corrected chi connectivity index (χ0v) is 18.9. The quantitative estimate of drug-likeness (QED) is 0.564. The molecular formula is C23H26ClN5O3. The summed E-state index contributed by atoms with van der Waals surface area (Å²) in [6.07, 6.45) is 5.38. The summed E-state index contributed by atoms with van der Waals surface area (Å²) in [7, 11) is 0. The molecule has 0 atom stereocenters. The lowest BCUT2D eigenvalue weighted by atomic mass is 9.92. The van der Waals surface area contributed by atoms with Gasteiger partial charge in [-0.15, -0.1) is 0 Å². The average molecular weight is 456 g/mol. The minimum Gasteiger partial charge on any atom is -0.447 e. The first-order chi connectivity index (χ1) is 15.4. The molecule has 4 heterocycles. The van der Waals surface area contributed by atoms with Gasteiger partial charge < -0.3 is 20.0 Å². The standard InChI is InChI=1S/C23H26ClN5O3/c1-14(2)29-10-7-15(8-11-29)12-19(30)28-21-20-17(4-3-9-25-20)32-22(21)23(31)27-18-6-5-16(24)13-26-18/h3-6,9,13-15H,7-8,10-12H2,1-2H3,(H,28,30)(H,26,27,31). The number of carbonyl (C=O) groups is 2. The Kier molecular flexibility index (Phi) is 6.72. The van der Waals surface area contributed by atoms with E-state index in [1.165, 1.54) is 6.20 Å². The van der Waals surface area contributed by atoms with Gasteiger partial charge in [0.05, 0.1) is 5.02 Å². The highest BCUT2D eigenvalue weighted by Crippen LogP contribution is 2.31. The van der Waals surface area contributed by atoms with Crippen LogP contribution >= 0.6 is 11.6 Å². The van der Waals surface area contributed by atoms with Crippen LogP contribution in [0.25, 0.3) is 11.1 Å². The molecule has 0 bridgehead atoms. The molecule has 3 aromatic heterocycles. The van der Waals surface area contributed by atoms with Gasteiger partial charge >= 0.3 is 0 Å². The Morgan fingerprint density at radius 2 is 1.97 bits per heavy atom. The summed E-state index contributed by atoms with van der Waals surface area (Å²) in [6, 6.07) is 7.14. The van der Waals surface area contributed by atoms with Crippen LogP contribution in [0.1, 0.15) is 43.7 Å². The molecule has 168 valence electrons. The van der Waals surface area contributed by atoms with Crippen LogP contribution in [-0.4, -0.2) is 45.8 Å². The molecule has 32 heavy (non-hydrogen) atoms. The maximum absolute atomic E-state index is 12.9. The molecule has 1 aliphatic rings. The van der Waals surface area contributed by atoms with Gasteiger partial charge in [0.1, 0.15) is 17.0 Å². The van der Waals surface area contributed by atoms with Gasteiger partial charge in [-0.1, -0.05) is 11.6 Å². The highest BCUT2D eigenvalue weighted by atomic mass is 35.5. The van der Waals surface area contributed by atoms with Gasteiger partial charge in [0.15, 0.2) is 5.58 Å². The van der Waals surface area contributed by atoms with E-state index in [1.807, 2.05) is 0 Å². The predicted molar refractivity (Wildman–Crippen MR) is 124 cm³/mol. The number of halogens is 1. The number of hydrogen-bond donors (Lipinski definition) is 2. The number of fused-ring (bicyclic) bond motifs is 1. The fourth-order valence-electron chi connectivity index (χ4n) is 3.95. The highest BCUT2D eigenvalue weighted by molar-refractivity contribution is 6.30. The van der Waals surface area contributed by atoms with E-state index >= 15 is 0 Å². The molecule has 1 saturated heterocycles. The summed E-state index contributed by atoms with van der Waals surface area (Å²) in [4.78, 5) is 36.6. The molecule has 8 nitrogen and oxygen atoms in total. The zero-order valence-electron chi connectivity index (χ0n) is 18.1. The number of carbonyl (C=O) groups excluding carboxylic acids is 2. The summed E-state index contributed by atoms with van der Waals surface area (Å²) < 4.78 is 5.74. The Labute approximate surface area is 191 Å². The van der Waals surface area contributed by atoms with Crippen LogP contribution in [0.3, 0.4) is 0 Å². The summed E-state index contributed by atoms with van der Waals surface area (Å²) in [5, 5.41) is 6.01. The van der Waals surface area contributed by atoms with Crippen molar-refractivity contribution < 1.29 is 14.0 Å². The van der Waals surface area contributed by atoms with Gasteiger partial charge in [0.25, 0.3) is 5.91 Å². The van der Waals surface area contributed by atoms with Crippen LogP contribution in [0.15, 0.2) is 41.1 Å². The minimum absolute atomic E-state index is 0.0153. The molecule has 0 aliphatic carbocycles. The van der Waals surface area contributed by atoms with Gasteiger partial charge in [0.2, 0.25) is 11.7 Å². The molecule has 3 aromatic rings. The third-order valence-corrected chi connectivity index (χ3v) is 5.96. The second kappa shape index (κ2) is 9.67. The molecule has 0 unspecified atom stereocenters. The lowest BCUT2D eigenvalue weighted by Crippen LogP contribution is -2.39. The summed E-state index contributed by atoms with van der Waals surface area (Å²) in [6.45, 7) is 6.37. The van der Waals surface area contributed by atoms with Crippen LogP contribution in [0.4, 0.5) is 11.5 Å². The molecular weight excluding hydrogens is 430 g/mol. The van der Waals surface area contributed by atoms with E-state index in [1.54, 1.807) is 30.5 Å². The van der Waals surface area contributed by atoms with Gasteiger partial charge in [-0.2, -0.15) is 0 Å². The smallest absolute Gasteiger partial charge is 0.294 e. The van der Waals surface area contributed by atoms with E-state index < -0.39 is 5.91 Å². The summed E-state index contributed by atoms with van der Waals surface area (Å²) in [5.41, 5.74) is 1.13. The van der Waals surface area contributed by atoms with Gasteiger partial charge in [0, 0.05) is 24.9 Å². The van der Waals surface area contributed by atoms with E-state index in [2.05, 4.69) is 39.3 Å². The fraction of sp³-hybridized carbons (Fsp3) is 0.391. The monoisotopic (exact) mass is 455 g/mol.